The van der Waals surface area contributed by atoms with Crippen LogP contribution in [0.2, 0.25) is 0 Å². The second-order valence-electron chi connectivity index (χ2n) is 4.09. The van der Waals surface area contributed by atoms with Crippen LogP contribution in [0.5, 0.6) is 5.75 Å². The molecule has 16 heavy (non-hydrogen) atoms. The molecular weight excluding hydrogens is 205 g/mol. The van der Waals surface area contributed by atoms with Gasteiger partial charge in [0, 0.05) is 6.04 Å². The van der Waals surface area contributed by atoms with E-state index < -0.39 is 5.82 Å². The van der Waals surface area contributed by atoms with Gasteiger partial charge < -0.3 is 10.4 Å². The molecule has 0 aliphatic rings. The Balaban J connectivity index is 2.46. The molecule has 0 saturated carbocycles. The van der Waals surface area contributed by atoms with Gasteiger partial charge in [-0.1, -0.05) is 25.8 Å². The largest absolute Gasteiger partial charge is 0.505 e. The number of aromatic hydroxyl groups is 1. The summed E-state index contributed by atoms with van der Waals surface area (Å²) < 4.78 is 13.1. The Kier molecular flexibility index (Phi) is 5.26. The highest BCUT2D eigenvalue weighted by atomic mass is 19.1. The van der Waals surface area contributed by atoms with Crippen LogP contribution < -0.4 is 5.32 Å². The molecule has 1 aromatic carbocycles. The average molecular weight is 225 g/mol. The molecule has 1 rings (SSSR count). The van der Waals surface area contributed by atoms with Crippen molar-refractivity contribution < 1.29 is 9.50 Å². The van der Waals surface area contributed by atoms with Gasteiger partial charge in [0.15, 0.2) is 11.6 Å². The van der Waals surface area contributed by atoms with Crippen molar-refractivity contribution in [2.75, 3.05) is 6.54 Å². The fourth-order valence-electron chi connectivity index (χ4n) is 1.60. The van der Waals surface area contributed by atoms with Crippen LogP contribution in [0.25, 0.3) is 0 Å². The first kappa shape index (κ1) is 13.0. The van der Waals surface area contributed by atoms with Gasteiger partial charge in [0.2, 0.25) is 0 Å². The van der Waals surface area contributed by atoms with Gasteiger partial charge in [-0.3, -0.25) is 0 Å². The Morgan fingerprint density at radius 3 is 2.75 bits per heavy atom. The van der Waals surface area contributed by atoms with E-state index in [0.29, 0.717) is 0 Å². The molecule has 2 nitrogen and oxygen atoms in total. The SMILES string of the molecule is CCCCCN[C@@H](C)c1ccc(O)c(F)c1. The molecule has 0 bridgehead atoms. The highest BCUT2D eigenvalue weighted by Crippen LogP contribution is 2.20. The molecule has 3 heteroatoms. The minimum Gasteiger partial charge on any atom is -0.505 e. The van der Waals surface area contributed by atoms with Gasteiger partial charge in [0.1, 0.15) is 0 Å². The number of halogens is 1. The predicted octanol–water partition coefficient (Wildman–Crippen LogP) is 3.37. The normalized spacial score (nSPS) is 12.7. The predicted molar refractivity (Wildman–Crippen MR) is 64.0 cm³/mol. The van der Waals surface area contributed by atoms with Crippen molar-refractivity contribution >= 4 is 0 Å². The maximum absolute atomic E-state index is 13.1. The lowest BCUT2D eigenvalue weighted by Crippen LogP contribution is -2.19. The lowest BCUT2D eigenvalue weighted by Gasteiger charge is -2.14. The van der Waals surface area contributed by atoms with Crippen LogP contribution in [-0.2, 0) is 0 Å². The zero-order valence-electron chi connectivity index (χ0n) is 9.96. The highest BCUT2D eigenvalue weighted by Gasteiger charge is 2.07. The summed E-state index contributed by atoms with van der Waals surface area (Å²) in [4.78, 5) is 0. The zero-order chi connectivity index (χ0) is 12.0. The summed E-state index contributed by atoms with van der Waals surface area (Å²) in [5, 5.41) is 12.4. The van der Waals surface area contributed by atoms with E-state index in [-0.39, 0.29) is 11.8 Å². The van der Waals surface area contributed by atoms with Crippen molar-refractivity contribution in [3.8, 4) is 5.75 Å². The number of hydrogen-bond donors (Lipinski definition) is 2. The molecule has 0 radical (unpaired) electrons. The minimum atomic E-state index is -0.556. The number of unbranched alkanes of at least 4 members (excludes halogenated alkanes) is 2. The lowest BCUT2D eigenvalue weighted by atomic mass is 10.1. The maximum Gasteiger partial charge on any atom is 0.165 e. The van der Waals surface area contributed by atoms with E-state index in [4.69, 9.17) is 5.11 Å². The average Bonchev–Trinajstić information content (AvgIpc) is 2.28. The molecule has 1 aromatic rings. The maximum atomic E-state index is 13.1. The van der Waals surface area contributed by atoms with Crippen LogP contribution in [0.15, 0.2) is 18.2 Å². The third kappa shape index (κ3) is 3.81. The number of benzene rings is 1. The number of hydrogen-bond acceptors (Lipinski definition) is 2. The summed E-state index contributed by atoms with van der Waals surface area (Å²) in [6.45, 7) is 5.11. The summed E-state index contributed by atoms with van der Waals surface area (Å²) in [5.74, 6) is -0.846. The summed E-state index contributed by atoms with van der Waals surface area (Å²) in [5.41, 5.74) is 0.867. The fourth-order valence-corrected chi connectivity index (χ4v) is 1.60. The molecule has 0 aromatic heterocycles. The van der Waals surface area contributed by atoms with E-state index in [1.54, 1.807) is 6.07 Å². The molecule has 0 saturated heterocycles. The molecular formula is C13H20FNO. The molecule has 0 aliphatic heterocycles. The fraction of sp³-hybridized carbons (Fsp3) is 0.538. The Bertz CT molecular complexity index is 328. The Morgan fingerprint density at radius 2 is 2.12 bits per heavy atom. The molecule has 0 fully saturated rings. The third-order valence-corrected chi connectivity index (χ3v) is 2.70. The zero-order valence-corrected chi connectivity index (χ0v) is 9.96. The van der Waals surface area contributed by atoms with Gasteiger partial charge in [-0.2, -0.15) is 0 Å². The van der Waals surface area contributed by atoms with Crippen LogP contribution in [0.3, 0.4) is 0 Å². The van der Waals surface area contributed by atoms with Gasteiger partial charge in [0.05, 0.1) is 0 Å². The van der Waals surface area contributed by atoms with Gasteiger partial charge >= 0.3 is 0 Å². The van der Waals surface area contributed by atoms with Crippen molar-refractivity contribution in [2.24, 2.45) is 0 Å². The van der Waals surface area contributed by atoms with Crippen molar-refractivity contribution in [1.29, 1.82) is 0 Å². The molecule has 1 atom stereocenters. The molecule has 0 heterocycles. The Morgan fingerprint density at radius 1 is 1.38 bits per heavy atom. The second kappa shape index (κ2) is 6.48. The first-order valence-electron chi connectivity index (χ1n) is 5.87. The standard InChI is InChI=1S/C13H20FNO/c1-3-4-5-8-15-10(2)11-6-7-13(16)12(14)9-11/h6-7,9-10,15-16H,3-5,8H2,1-2H3/t10-/m0/s1. The van der Waals surface area contributed by atoms with E-state index >= 15 is 0 Å². The highest BCUT2D eigenvalue weighted by molar-refractivity contribution is 5.29. The summed E-state index contributed by atoms with van der Waals surface area (Å²) in [6.07, 6.45) is 3.55. The van der Waals surface area contributed by atoms with Crippen LogP contribution in [0.1, 0.15) is 44.7 Å². The molecule has 90 valence electrons. The number of nitrogens with one attached hydrogen (secondary N) is 1. The number of phenols is 1. The first-order valence-corrected chi connectivity index (χ1v) is 5.87. The van der Waals surface area contributed by atoms with Gasteiger partial charge in [-0.25, -0.2) is 4.39 Å². The lowest BCUT2D eigenvalue weighted by molar-refractivity contribution is 0.430. The van der Waals surface area contributed by atoms with Crippen LogP contribution in [0, 0.1) is 5.82 Å². The van der Waals surface area contributed by atoms with Crippen LogP contribution >= 0.6 is 0 Å². The summed E-state index contributed by atoms with van der Waals surface area (Å²) >= 11 is 0. The van der Waals surface area contributed by atoms with Crippen molar-refractivity contribution in [2.45, 2.75) is 39.2 Å². The van der Waals surface area contributed by atoms with Crippen LogP contribution in [0.4, 0.5) is 4.39 Å². The van der Waals surface area contributed by atoms with E-state index in [9.17, 15) is 4.39 Å². The molecule has 0 unspecified atom stereocenters. The minimum absolute atomic E-state index is 0.118. The number of rotatable bonds is 6. The second-order valence-corrected chi connectivity index (χ2v) is 4.09. The Labute approximate surface area is 96.5 Å². The van der Waals surface area contributed by atoms with Crippen molar-refractivity contribution in [3.05, 3.63) is 29.6 Å². The monoisotopic (exact) mass is 225 g/mol. The smallest absolute Gasteiger partial charge is 0.165 e. The molecule has 0 amide bonds. The number of phenolic OH excluding ortho intramolecular Hbond substituents is 1. The van der Waals surface area contributed by atoms with Crippen LogP contribution in [-0.4, -0.2) is 11.7 Å². The van der Waals surface area contributed by atoms with E-state index in [2.05, 4.69) is 12.2 Å². The topological polar surface area (TPSA) is 32.3 Å². The van der Waals surface area contributed by atoms with Crippen molar-refractivity contribution in [3.63, 3.8) is 0 Å². The first-order chi connectivity index (χ1) is 7.65. The van der Waals surface area contributed by atoms with E-state index in [0.717, 1.165) is 18.5 Å². The molecule has 2 N–H and O–H groups in total. The summed E-state index contributed by atoms with van der Waals surface area (Å²) in [6, 6.07) is 4.64. The van der Waals surface area contributed by atoms with Crippen molar-refractivity contribution in [1.82, 2.24) is 5.32 Å². The Hall–Kier alpha value is -1.09. The third-order valence-electron chi connectivity index (χ3n) is 2.70. The quantitative estimate of drug-likeness (QED) is 0.727. The van der Waals surface area contributed by atoms with E-state index in [1.165, 1.54) is 25.0 Å². The van der Waals surface area contributed by atoms with Gasteiger partial charge in [0.25, 0.3) is 0 Å². The van der Waals surface area contributed by atoms with Gasteiger partial charge in [-0.15, -0.1) is 0 Å². The summed E-state index contributed by atoms with van der Waals surface area (Å²) in [7, 11) is 0. The van der Waals surface area contributed by atoms with Gasteiger partial charge in [-0.05, 0) is 37.6 Å². The molecule has 0 aliphatic carbocycles. The molecule has 0 spiro atoms. The van der Waals surface area contributed by atoms with E-state index in [1.807, 2.05) is 6.92 Å².